The molecule has 18 heavy (non-hydrogen) atoms. The van der Waals surface area contributed by atoms with Gasteiger partial charge >= 0.3 is 5.97 Å². The van der Waals surface area contributed by atoms with E-state index in [2.05, 4.69) is 15.0 Å². The minimum absolute atomic E-state index is 0.101. The maximum absolute atomic E-state index is 11.7. The lowest BCUT2D eigenvalue weighted by Crippen LogP contribution is -2.18. The number of aromatic amines is 1. The molecule has 7 heteroatoms. The zero-order valence-electron chi connectivity index (χ0n) is 9.97. The van der Waals surface area contributed by atoms with E-state index in [9.17, 15) is 9.59 Å². The number of imidazole rings is 1. The molecule has 0 aliphatic rings. The number of carboxylic acid groups (broad SMARTS) is 1. The third-order valence-electron chi connectivity index (χ3n) is 2.62. The van der Waals surface area contributed by atoms with Gasteiger partial charge in [0.15, 0.2) is 5.69 Å². The average molecular weight is 248 g/mol. The van der Waals surface area contributed by atoms with E-state index in [0.29, 0.717) is 17.7 Å². The van der Waals surface area contributed by atoms with Gasteiger partial charge in [-0.3, -0.25) is 14.3 Å². The van der Waals surface area contributed by atoms with E-state index >= 15 is 0 Å². The van der Waals surface area contributed by atoms with Gasteiger partial charge < -0.3 is 5.11 Å². The van der Waals surface area contributed by atoms with Gasteiger partial charge in [0.25, 0.3) is 5.56 Å². The van der Waals surface area contributed by atoms with Gasteiger partial charge in [-0.05, 0) is 13.3 Å². The fourth-order valence-electron chi connectivity index (χ4n) is 1.58. The number of aromatic nitrogens is 4. The van der Waals surface area contributed by atoms with Gasteiger partial charge in [-0.2, -0.15) is 0 Å². The maximum Gasteiger partial charge on any atom is 0.356 e. The summed E-state index contributed by atoms with van der Waals surface area (Å²) in [5.74, 6) is -0.860. The molecule has 0 aliphatic carbocycles. The minimum Gasteiger partial charge on any atom is -0.476 e. The Labute approximate surface area is 102 Å². The number of carbonyl (C=O) groups is 1. The average Bonchev–Trinajstić information content (AvgIpc) is 2.82. The number of aryl methyl sites for hydroxylation is 1. The number of hydrogen-bond acceptors (Lipinski definition) is 4. The highest BCUT2D eigenvalue weighted by Crippen LogP contribution is 2.05. The van der Waals surface area contributed by atoms with Crippen LogP contribution in [0, 0.1) is 6.92 Å². The molecule has 0 saturated heterocycles. The van der Waals surface area contributed by atoms with E-state index in [0.717, 1.165) is 0 Å². The van der Waals surface area contributed by atoms with Gasteiger partial charge in [0.2, 0.25) is 5.95 Å². The van der Waals surface area contributed by atoms with Gasteiger partial charge in [-0.15, -0.1) is 0 Å². The summed E-state index contributed by atoms with van der Waals surface area (Å²) >= 11 is 0. The molecule has 0 aromatic carbocycles. The first kappa shape index (κ1) is 12.0. The van der Waals surface area contributed by atoms with Crippen LogP contribution in [0.1, 0.15) is 28.7 Å². The predicted molar refractivity (Wildman–Crippen MR) is 63.1 cm³/mol. The molecule has 0 fully saturated rings. The van der Waals surface area contributed by atoms with Crippen LogP contribution in [0.5, 0.6) is 0 Å². The van der Waals surface area contributed by atoms with Crippen molar-refractivity contribution in [1.82, 2.24) is 19.5 Å². The van der Waals surface area contributed by atoms with Crippen molar-refractivity contribution >= 4 is 5.97 Å². The van der Waals surface area contributed by atoms with Gasteiger partial charge in [0.1, 0.15) is 6.33 Å². The minimum atomic E-state index is -1.13. The number of H-pyrrole nitrogens is 1. The van der Waals surface area contributed by atoms with E-state index in [4.69, 9.17) is 5.11 Å². The van der Waals surface area contributed by atoms with E-state index < -0.39 is 5.97 Å². The number of nitrogens with zero attached hydrogens (tertiary/aromatic N) is 3. The lowest BCUT2D eigenvalue weighted by molar-refractivity contribution is 0.0691. The summed E-state index contributed by atoms with van der Waals surface area (Å²) in [6.45, 7) is 3.60. The number of hydrogen-bond donors (Lipinski definition) is 2. The van der Waals surface area contributed by atoms with Crippen LogP contribution in [0.2, 0.25) is 0 Å². The molecule has 0 atom stereocenters. The lowest BCUT2D eigenvalue weighted by Gasteiger charge is -2.05. The van der Waals surface area contributed by atoms with Crippen LogP contribution >= 0.6 is 0 Å². The predicted octanol–water partition coefficient (Wildman–Crippen LogP) is 0.525. The van der Waals surface area contributed by atoms with Gasteiger partial charge in [0.05, 0.1) is 5.69 Å². The molecule has 2 rings (SSSR count). The highest BCUT2D eigenvalue weighted by atomic mass is 16.4. The Morgan fingerprint density at radius 3 is 2.83 bits per heavy atom. The molecular formula is C11H12N4O3. The molecule has 0 saturated carbocycles. The Morgan fingerprint density at radius 1 is 1.56 bits per heavy atom. The van der Waals surface area contributed by atoms with Crippen molar-refractivity contribution in [2.45, 2.75) is 20.3 Å². The summed E-state index contributed by atoms with van der Waals surface area (Å²) in [6, 6.07) is 0. The smallest absolute Gasteiger partial charge is 0.356 e. The van der Waals surface area contributed by atoms with Gasteiger partial charge in [0, 0.05) is 11.8 Å². The van der Waals surface area contributed by atoms with Gasteiger partial charge in [-0.1, -0.05) is 6.92 Å². The quantitative estimate of drug-likeness (QED) is 0.824. The SMILES string of the molecule is CCc1nc(-n2cnc(C(=O)O)c2)[nH]c(=O)c1C. The maximum atomic E-state index is 11.7. The number of carboxylic acids is 1. The summed E-state index contributed by atoms with van der Waals surface area (Å²) in [5, 5.41) is 8.78. The molecule has 2 heterocycles. The molecule has 0 unspecified atom stereocenters. The van der Waals surface area contributed by atoms with E-state index in [1.54, 1.807) is 6.92 Å². The fourth-order valence-corrected chi connectivity index (χ4v) is 1.58. The highest BCUT2D eigenvalue weighted by Gasteiger charge is 2.11. The molecule has 2 aromatic rings. The first-order valence-corrected chi connectivity index (χ1v) is 5.40. The lowest BCUT2D eigenvalue weighted by atomic mass is 10.2. The first-order valence-electron chi connectivity index (χ1n) is 5.40. The van der Waals surface area contributed by atoms with Crippen LogP contribution < -0.4 is 5.56 Å². The topological polar surface area (TPSA) is 101 Å². The van der Waals surface area contributed by atoms with Crippen molar-refractivity contribution in [3.8, 4) is 5.95 Å². The molecule has 7 nitrogen and oxygen atoms in total. The van der Waals surface area contributed by atoms with Crippen LogP contribution in [-0.2, 0) is 6.42 Å². The zero-order valence-corrected chi connectivity index (χ0v) is 9.97. The van der Waals surface area contributed by atoms with Crippen LogP contribution in [0.15, 0.2) is 17.3 Å². The summed E-state index contributed by atoms with van der Waals surface area (Å²) in [5.41, 5.74) is 0.915. The zero-order chi connectivity index (χ0) is 13.3. The van der Waals surface area contributed by atoms with Crippen molar-refractivity contribution in [2.75, 3.05) is 0 Å². The van der Waals surface area contributed by atoms with Crippen LogP contribution in [-0.4, -0.2) is 30.6 Å². The normalized spacial score (nSPS) is 10.6. The fraction of sp³-hybridized carbons (Fsp3) is 0.273. The molecule has 2 N–H and O–H groups in total. The molecule has 0 spiro atoms. The third kappa shape index (κ3) is 2.02. The molecule has 0 amide bonds. The van der Waals surface area contributed by atoms with E-state index in [-0.39, 0.29) is 17.2 Å². The standard InChI is InChI=1S/C11H12N4O3/c1-3-7-6(2)9(16)14-11(13-7)15-4-8(10(17)18)12-5-15/h4-5H,3H2,1-2H3,(H,17,18)(H,13,14,16). The Balaban J connectivity index is 2.53. The van der Waals surface area contributed by atoms with E-state index in [1.165, 1.54) is 17.1 Å². The van der Waals surface area contributed by atoms with Crippen molar-refractivity contribution in [3.05, 3.63) is 39.8 Å². The second-order valence-corrected chi connectivity index (χ2v) is 3.79. The van der Waals surface area contributed by atoms with Crippen LogP contribution in [0.3, 0.4) is 0 Å². The Hall–Kier alpha value is -2.44. The monoisotopic (exact) mass is 248 g/mol. The summed E-state index contributed by atoms with van der Waals surface area (Å²) in [6.07, 6.45) is 3.23. The summed E-state index contributed by atoms with van der Waals surface area (Å²) in [4.78, 5) is 33.0. The Bertz CT molecular complexity index is 657. The van der Waals surface area contributed by atoms with Crippen molar-refractivity contribution in [1.29, 1.82) is 0 Å². The Kier molecular flexibility index (Phi) is 2.97. The van der Waals surface area contributed by atoms with Crippen molar-refractivity contribution in [2.24, 2.45) is 0 Å². The Morgan fingerprint density at radius 2 is 2.28 bits per heavy atom. The third-order valence-corrected chi connectivity index (χ3v) is 2.62. The molecule has 2 aromatic heterocycles. The molecule has 0 aliphatic heterocycles. The first-order chi connectivity index (χ1) is 8.52. The second kappa shape index (κ2) is 4.44. The molecule has 0 radical (unpaired) electrons. The van der Waals surface area contributed by atoms with Crippen LogP contribution in [0.25, 0.3) is 5.95 Å². The molecule has 94 valence electrons. The van der Waals surface area contributed by atoms with E-state index in [1.807, 2.05) is 6.92 Å². The number of aromatic carboxylic acids is 1. The van der Waals surface area contributed by atoms with Crippen molar-refractivity contribution < 1.29 is 9.90 Å². The largest absolute Gasteiger partial charge is 0.476 e. The number of nitrogens with one attached hydrogen (secondary N) is 1. The summed E-state index contributed by atoms with van der Waals surface area (Å²) < 4.78 is 1.38. The molecule has 0 bridgehead atoms. The van der Waals surface area contributed by atoms with Crippen molar-refractivity contribution in [3.63, 3.8) is 0 Å². The summed E-state index contributed by atoms with van der Waals surface area (Å²) in [7, 11) is 0. The highest BCUT2D eigenvalue weighted by molar-refractivity contribution is 5.85. The van der Waals surface area contributed by atoms with Gasteiger partial charge in [-0.25, -0.2) is 14.8 Å². The molecular weight excluding hydrogens is 236 g/mol. The second-order valence-electron chi connectivity index (χ2n) is 3.79. The number of rotatable bonds is 3. The van der Waals surface area contributed by atoms with Crippen LogP contribution in [0.4, 0.5) is 0 Å².